The summed E-state index contributed by atoms with van der Waals surface area (Å²) in [6.45, 7) is 0. The fraction of sp³-hybridized carbons (Fsp3) is 0.0741. The molecular weight excluding hydrogens is 466 g/mol. The topological polar surface area (TPSA) is 78.3 Å². The standard InChI is InChI=1S/C27H20F2N4O3/c1-35-23-11-10-17(12-24(23)36-2)26-31-25(27(34)30-20-14-18(28)13-19(29)15-20)32-33(26)22-9-5-7-16-6-3-4-8-21(16)22/h3-15H,1-2H3,(H,30,34). The number of benzene rings is 4. The van der Waals surface area contributed by atoms with Crippen LogP contribution in [-0.2, 0) is 0 Å². The average Bonchev–Trinajstić information content (AvgIpc) is 3.33. The number of anilines is 1. The minimum Gasteiger partial charge on any atom is -0.493 e. The van der Waals surface area contributed by atoms with Gasteiger partial charge in [0, 0.05) is 22.7 Å². The third kappa shape index (κ3) is 4.34. The highest BCUT2D eigenvalue weighted by Crippen LogP contribution is 2.33. The lowest BCUT2D eigenvalue weighted by Gasteiger charge is -2.12. The highest BCUT2D eigenvalue weighted by Gasteiger charge is 2.21. The summed E-state index contributed by atoms with van der Waals surface area (Å²) in [5, 5.41) is 8.81. The summed E-state index contributed by atoms with van der Waals surface area (Å²) in [6.07, 6.45) is 0. The molecule has 0 saturated carbocycles. The molecule has 0 aliphatic heterocycles. The Morgan fingerprint density at radius 3 is 2.33 bits per heavy atom. The van der Waals surface area contributed by atoms with E-state index in [0.717, 1.165) is 29.0 Å². The van der Waals surface area contributed by atoms with E-state index in [1.54, 1.807) is 22.9 Å². The normalized spacial score (nSPS) is 10.9. The fourth-order valence-corrected chi connectivity index (χ4v) is 3.94. The van der Waals surface area contributed by atoms with E-state index in [1.807, 2.05) is 42.5 Å². The zero-order valence-corrected chi connectivity index (χ0v) is 19.3. The predicted octanol–water partition coefficient (Wildman–Crippen LogP) is 5.64. The van der Waals surface area contributed by atoms with Gasteiger partial charge in [0.1, 0.15) is 11.6 Å². The number of aromatic nitrogens is 3. The Hall–Kier alpha value is -4.79. The van der Waals surface area contributed by atoms with Crippen molar-refractivity contribution in [2.45, 2.75) is 0 Å². The SMILES string of the molecule is COc1ccc(-c2nc(C(=O)Nc3cc(F)cc(F)c3)nn2-c2cccc3ccccc23)cc1OC. The largest absolute Gasteiger partial charge is 0.493 e. The van der Waals surface area contributed by atoms with Crippen LogP contribution < -0.4 is 14.8 Å². The van der Waals surface area contributed by atoms with Crippen LogP contribution in [0.3, 0.4) is 0 Å². The monoisotopic (exact) mass is 486 g/mol. The van der Waals surface area contributed by atoms with Gasteiger partial charge >= 0.3 is 0 Å². The smallest absolute Gasteiger partial charge is 0.295 e. The molecule has 0 atom stereocenters. The zero-order valence-electron chi connectivity index (χ0n) is 19.3. The van der Waals surface area contributed by atoms with E-state index in [0.29, 0.717) is 28.6 Å². The molecular formula is C27H20F2N4O3. The minimum atomic E-state index is -0.814. The highest BCUT2D eigenvalue weighted by molar-refractivity contribution is 6.02. The minimum absolute atomic E-state index is 0.0494. The number of carbonyl (C=O) groups excluding carboxylic acids is 1. The Balaban J connectivity index is 1.66. The number of hydrogen-bond acceptors (Lipinski definition) is 5. The molecule has 180 valence electrons. The first-order chi connectivity index (χ1) is 17.5. The van der Waals surface area contributed by atoms with Gasteiger partial charge in [0.05, 0.1) is 19.9 Å². The van der Waals surface area contributed by atoms with E-state index in [1.165, 1.54) is 14.2 Å². The molecule has 0 saturated heterocycles. The summed E-state index contributed by atoms with van der Waals surface area (Å²) in [5.41, 5.74) is 1.26. The quantitative estimate of drug-likeness (QED) is 0.336. The fourth-order valence-electron chi connectivity index (χ4n) is 3.94. The predicted molar refractivity (Wildman–Crippen MR) is 132 cm³/mol. The van der Waals surface area contributed by atoms with E-state index >= 15 is 0 Å². The Labute approximate surface area is 204 Å². The van der Waals surface area contributed by atoms with E-state index in [-0.39, 0.29) is 11.5 Å². The maximum atomic E-state index is 13.6. The molecule has 5 rings (SSSR count). The zero-order chi connectivity index (χ0) is 25.2. The molecule has 4 aromatic carbocycles. The molecule has 0 bridgehead atoms. The van der Waals surface area contributed by atoms with Gasteiger partial charge in [-0.3, -0.25) is 4.79 Å². The first-order valence-electron chi connectivity index (χ1n) is 10.9. The number of rotatable bonds is 6. The maximum absolute atomic E-state index is 13.6. The van der Waals surface area contributed by atoms with E-state index in [2.05, 4.69) is 15.4 Å². The lowest BCUT2D eigenvalue weighted by atomic mass is 10.1. The number of amides is 1. The molecule has 1 N–H and O–H groups in total. The molecule has 5 aromatic rings. The lowest BCUT2D eigenvalue weighted by Crippen LogP contribution is -2.14. The Morgan fingerprint density at radius 1 is 0.861 bits per heavy atom. The molecule has 0 unspecified atom stereocenters. The molecule has 1 aromatic heterocycles. The average molecular weight is 486 g/mol. The Morgan fingerprint density at radius 2 is 1.58 bits per heavy atom. The van der Waals surface area contributed by atoms with Gasteiger partial charge < -0.3 is 14.8 Å². The third-order valence-electron chi connectivity index (χ3n) is 5.57. The van der Waals surface area contributed by atoms with E-state index in [9.17, 15) is 13.6 Å². The molecule has 0 aliphatic rings. The van der Waals surface area contributed by atoms with Gasteiger partial charge in [-0.2, -0.15) is 0 Å². The number of ether oxygens (including phenoxy) is 2. The van der Waals surface area contributed by atoms with Gasteiger partial charge in [-0.1, -0.05) is 36.4 Å². The second kappa shape index (κ2) is 9.46. The number of nitrogens with zero attached hydrogens (tertiary/aromatic N) is 3. The first kappa shape index (κ1) is 23.0. The molecule has 0 spiro atoms. The van der Waals surface area contributed by atoms with Gasteiger partial charge in [-0.25, -0.2) is 18.4 Å². The summed E-state index contributed by atoms with van der Waals surface area (Å²) in [6, 6.07) is 21.4. The van der Waals surface area contributed by atoms with Gasteiger partial charge in [0.2, 0.25) is 5.82 Å². The summed E-state index contributed by atoms with van der Waals surface area (Å²) in [4.78, 5) is 17.5. The second-order valence-electron chi connectivity index (χ2n) is 7.85. The van der Waals surface area contributed by atoms with Gasteiger partial charge in [0.25, 0.3) is 5.91 Å². The molecule has 9 heteroatoms. The van der Waals surface area contributed by atoms with Crippen LogP contribution in [0.25, 0.3) is 27.8 Å². The van der Waals surface area contributed by atoms with Crippen molar-refractivity contribution in [1.82, 2.24) is 14.8 Å². The lowest BCUT2D eigenvalue weighted by molar-refractivity contribution is 0.101. The van der Waals surface area contributed by atoms with Gasteiger partial charge in [-0.05, 0) is 41.8 Å². The van der Waals surface area contributed by atoms with Crippen LogP contribution in [0.15, 0.2) is 78.9 Å². The third-order valence-corrected chi connectivity index (χ3v) is 5.57. The van der Waals surface area contributed by atoms with Crippen molar-refractivity contribution in [2.75, 3.05) is 19.5 Å². The molecule has 7 nitrogen and oxygen atoms in total. The summed E-state index contributed by atoms with van der Waals surface area (Å²) in [5.74, 6) is -1.16. The van der Waals surface area contributed by atoms with Crippen LogP contribution in [0.4, 0.5) is 14.5 Å². The second-order valence-corrected chi connectivity index (χ2v) is 7.85. The molecule has 1 heterocycles. The van der Waals surface area contributed by atoms with Crippen molar-refractivity contribution in [3.05, 3.63) is 96.3 Å². The molecule has 0 radical (unpaired) electrons. The summed E-state index contributed by atoms with van der Waals surface area (Å²) in [7, 11) is 3.06. The van der Waals surface area contributed by atoms with Crippen molar-refractivity contribution in [1.29, 1.82) is 0 Å². The molecule has 1 amide bonds. The van der Waals surface area contributed by atoms with Crippen molar-refractivity contribution >= 4 is 22.4 Å². The number of carbonyl (C=O) groups is 1. The van der Waals surface area contributed by atoms with E-state index < -0.39 is 17.5 Å². The van der Waals surface area contributed by atoms with Gasteiger partial charge in [-0.15, -0.1) is 5.10 Å². The van der Waals surface area contributed by atoms with Crippen LogP contribution >= 0.6 is 0 Å². The Kier molecular flexibility index (Phi) is 6.03. The van der Waals surface area contributed by atoms with Crippen LogP contribution in [0, 0.1) is 11.6 Å². The highest BCUT2D eigenvalue weighted by atomic mass is 19.1. The molecule has 0 aliphatic carbocycles. The molecule has 36 heavy (non-hydrogen) atoms. The summed E-state index contributed by atoms with van der Waals surface area (Å²) < 4.78 is 39.6. The van der Waals surface area contributed by atoms with E-state index in [4.69, 9.17) is 9.47 Å². The van der Waals surface area contributed by atoms with Crippen LogP contribution in [0.5, 0.6) is 11.5 Å². The van der Waals surface area contributed by atoms with Crippen molar-refractivity contribution < 1.29 is 23.0 Å². The number of nitrogens with one attached hydrogen (secondary N) is 1. The van der Waals surface area contributed by atoms with Crippen molar-refractivity contribution in [3.8, 4) is 28.6 Å². The summed E-state index contributed by atoms with van der Waals surface area (Å²) >= 11 is 0. The number of methoxy groups -OCH3 is 2. The van der Waals surface area contributed by atoms with Crippen LogP contribution in [-0.4, -0.2) is 34.9 Å². The number of halogens is 2. The Bertz CT molecular complexity index is 1570. The first-order valence-corrected chi connectivity index (χ1v) is 10.9. The van der Waals surface area contributed by atoms with Crippen LogP contribution in [0.1, 0.15) is 10.6 Å². The van der Waals surface area contributed by atoms with Crippen LogP contribution in [0.2, 0.25) is 0 Å². The number of fused-ring (bicyclic) bond motifs is 1. The maximum Gasteiger partial charge on any atom is 0.295 e. The van der Waals surface area contributed by atoms with Gasteiger partial charge in [0.15, 0.2) is 17.3 Å². The van der Waals surface area contributed by atoms with Crippen molar-refractivity contribution in [3.63, 3.8) is 0 Å². The van der Waals surface area contributed by atoms with Crippen molar-refractivity contribution in [2.24, 2.45) is 0 Å². The molecule has 0 fully saturated rings. The number of hydrogen-bond donors (Lipinski definition) is 1.